The summed E-state index contributed by atoms with van der Waals surface area (Å²) < 4.78 is 27.9. The number of amides is 1. The Morgan fingerprint density at radius 2 is 2.03 bits per heavy atom. The fourth-order valence-corrected chi connectivity index (χ4v) is 4.00. The molecule has 1 aromatic heterocycles. The van der Waals surface area contributed by atoms with Crippen LogP contribution in [0.2, 0.25) is 5.15 Å². The minimum Gasteiger partial charge on any atom is -0.368 e. The average molecular weight is 421 g/mol. The van der Waals surface area contributed by atoms with Crippen molar-refractivity contribution in [3.05, 3.63) is 46.7 Å². The van der Waals surface area contributed by atoms with Gasteiger partial charge in [0.1, 0.15) is 16.8 Å². The van der Waals surface area contributed by atoms with Gasteiger partial charge in [0.05, 0.1) is 11.3 Å². The highest BCUT2D eigenvalue weighted by Gasteiger charge is 2.34. The SMILES string of the molecule is C[C@]1(N)CCN(c2c(C(=O)NCC3CC3)cnc(Cl)c2-c2cc(F)cc(F)c2)C1. The Morgan fingerprint density at radius 3 is 2.62 bits per heavy atom. The molecule has 0 bridgehead atoms. The van der Waals surface area contributed by atoms with Crippen LogP contribution in [0.3, 0.4) is 0 Å². The fraction of sp³-hybridized carbons (Fsp3) is 0.429. The van der Waals surface area contributed by atoms with Gasteiger partial charge in [-0.05, 0) is 49.8 Å². The fourth-order valence-electron chi connectivity index (χ4n) is 3.76. The second-order valence-electron chi connectivity index (χ2n) is 8.32. The average Bonchev–Trinajstić information content (AvgIpc) is 3.40. The van der Waals surface area contributed by atoms with E-state index >= 15 is 0 Å². The third kappa shape index (κ3) is 4.36. The molecule has 1 aromatic carbocycles. The normalized spacial score (nSPS) is 21.5. The number of nitrogens with two attached hydrogens (primary N) is 1. The summed E-state index contributed by atoms with van der Waals surface area (Å²) in [6.45, 7) is 3.62. The summed E-state index contributed by atoms with van der Waals surface area (Å²) in [5.74, 6) is -1.22. The van der Waals surface area contributed by atoms with E-state index in [1.165, 1.54) is 18.3 Å². The molecule has 1 aliphatic carbocycles. The molecular weight excluding hydrogens is 398 g/mol. The molecule has 1 amide bonds. The van der Waals surface area contributed by atoms with E-state index in [4.69, 9.17) is 17.3 Å². The monoisotopic (exact) mass is 420 g/mol. The minimum absolute atomic E-state index is 0.0781. The van der Waals surface area contributed by atoms with Crippen LogP contribution >= 0.6 is 11.6 Å². The van der Waals surface area contributed by atoms with Crippen molar-refractivity contribution in [3.8, 4) is 11.1 Å². The lowest BCUT2D eigenvalue weighted by atomic mass is 10.0. The predicted octanol–water partition coefficient (Wildman–Crippen LogP) is 3.75. The molecule has 4 rings (SSSR count). The molecule has 8 heteroatoms. The third-order valence-electron chi connectivity index (χ3n) is 5.47. The Kier molecular flexibility index (Phi) is 5.21. The van der Waals surface area contributed by atoms with E-state index in [0.717, 1.165) is 18.9 Å². The van der Waals surface area contributed by atoms with E-state index < -0.39 is 17.2 Å². The van der Waals surface area contributed by atoms with Gasteiger partial charge in [0, 0.05) is 43.0 Å². The Labute approximate surface area is 173 Å². The lowest BCUT2D eigenvalue weighted by Crippen LogP contribution is -2.39. The zero-order chi connectivity index (χ0) is 20.8. The number of aromatic nitrogens is 1. The lowest BCUT2D eigenvalue weighted by Gasteiger charge is -2.27. The standard InChI is InChI=1S/C21H23ClF2N4O/c1-21(25)4-5-28(11-21)18-16(20(29)27-9-12-2-3-12)10-26-19(22)17(18)13-6-14(23)8-15(24)7-13/h6-8,10,12H,2-5,9,11,25H2,1H3,(H,27,29)/t21-/m0/s1. The van der Waals surface area contributed by atoms with Crippen LogP contribution in [-0.4, -0.2) is 36.1 Å². The number of nitrogens with zero attached hydrogens (tertiary/aromatic N) is 2. The number of anilines is 1. The van der Waals surface area contributed by atoms with E-state index in [1.807, 2.05) is 11.8 Å². The molecule has 29 heavy (non-hydrogen) atoms. The second-order valence-corrected chi connectivity index (χ2v) is 8.68. The summed E-state index contributed by atoms with van der Waals surface area (Å²) in [6, 6.07) is 3.18. The molecule has 5 nitrogen and oxygen atoms in total. The summed E-state index contributed by atoms with van der Waals surface area (Å²) in [5, 5.41) is 3.02. The van der Waals surface area contributed by atoms with Crippen molar-refractivity contribution in [2.45, 2.75) is 31.7 Å². The van der Waals surface area contributed by atoms with Crippen LogP contribution in [-0.2, 0) is 0 Å². The Morgan fingerprint density at radius 1 is 1.34 bits per heavy atom. The molecule has 3 N–H and O–H groups in total. The number of benzene rings is 1. The summed E-state index contributed by atoms with van der Waals surface area (Å²) in [7, 11) is 0. The van der Waals surface area contributed by atoms with Crippen LogP contribution in [0.15, 0.2) is 24.4 Å². The van der Waals surface area contributed by atoms with Crippen molar-refractivity contribution in [2.75, 3.05) is 24.5 Å². The van der Waals surface area contributed by atoms with Gasteiger partial charge in [0.25, 0.3) is 5.91 Å². The number of carbonyl (C=O) groups is 1. The van der Waals surface area contributed by atoms with Crippen LogP contribution in [0.1, 0.15) is 36.5 Å². The van der Waals surface area contributed by atoms with Crippen LogP contribution in [0.4, 0.5) is 14.5 Å². The summed E-state index contributed by atoms with van der Waals surface area (Å²) in [6.07, 6.45) is 4.35. The molecule has 1 aliphatic heterocycles. The number of halogens is 3. The largest absolute Gasteiger partial charge is 0.368 e. The van der Waals surface area contributed by atoms with E-state index in [-0.39, 0.29) is 16.6 Å². The highest BCUT2D eigenvalue weighted by atomic mass is 35.5. The van der Waals surface area contributed by atoms with Crippen LogP contribution in [0.25, 0.3) is 11.1 Å². The van der Waals surface area contributed by atoms with Crippen LogP contribution in [0.5, 0.6) is 0 Å². The molecular formula is C21H23ClF2N4O. The molecule has 0 radical (unpaired) electrons. The number of rotatable bonds is 5. The molecule has 2 aromatic rings. The summed E-state index contributed by atoms with van der Waals surface area (Å²) in [4.78, 5) is 19.0. The second kappa shape index (κ2) is 7.54. The Hall–Kier alpha value is -2.25. The first kappa shape index (κ1) is 20.0. The predicted molar refractivity (Wildman–Crippen MR) is 109 cm³/mol. The lowest BCUT2D eigenvalue weighted by molar-refractivity contribution is 0.0952. The van der Waals surface area contributed by atoms with Gasteiger partial charge in [-0.15, -0.1) is 0 Å². The number of carbonyl (C=O) groups excluding carboxylic acids is 1. The third-order valence-corrected chi connectivity index (χ3v) is 5.76. The van der Waals surface area contributed by atoms with E-state index in [2.05, 4.69) is 10.3 Å². The molecule has 0 unspecified atom stereocenters. The number of hydrogen-bond acceptors (Lipinski definition) is 4. The smallest absolute Gasteiger partial charge is 0.254 e. The van der Waals surface area contributed by atoms with Gasteiger partial charge in [-0.2, -0.15) is 0 Å². The Bertz CT molecular complexity index is 942. The molecule has 2 heterocycles. The van der Waals surface area contributed by atoms with Crippen LogP contribution in [0, 0.1) is 17.6 Å². The molecule has 1 saturated carbocycles. The van der Waals surface area contributed by atoms with E-state index in [1.54, 1.807) is 0 Å². The van der Waals surface area contributed by atoms with Crippen molar-refractivity contribution in [1.29, 1.82) is 0 Å². The molecule has 1 saturated heterocycles. The maximum absolute atomic E-state index is 13.9. The minimum atomic E-state index is -0.726. The molecule has 2 fully saturated rings. The topological polar surface area (TPSA) is 71.2 Å². The van der Waals surface area contributed by atoms with Gasteiger partial charge in [-0.25, -0.2) is 13.8 Å². The molecule has 1 atom stereocenters. The molecule has 0 spiro atoms. The highest BCUT2D eigenvalue weighted by Crippen LogP contribution is 2.41. The van der Waals surface area contributed by atoms with Gasteiger partial charge < -0.3 is 16.0 Å². The quantitative estimate of drug-likeness (QED) is 0.723. The van der Waals surface area contributed by atoms with Gasteiger partial charge in [0.2, 0.25) is 0 Å². The van der Waals surface area contributed by atoms with Crippen molar-refractivity contribution >= 4 is 23.2 Å². The first-order valence-electron chi connectivity index (χ1n) is 9.70. The maximum atomic E-state index is 13.9. The number of hydrogen-bond donors (Lipinski definition) is 2. The highest BCUT2D eigenvalue weighted by molar-refractivity contribution is 6.33. The number of pyridine rings is 1. The van der Waals surface area contributed by atoms with E-state index in [9.17, 15) is 13.6 Å². The Balaban J connectivity index is 1.84. The number of nitrogens with one attached hydrogen (secondary N) is 1. The van der Waals surface area contributed by atoms with Crippen molar-refractivity contribution in [3.63, 3.8) is 0 Å². The summed E-state index contributed by atoms with van der Waals surface area (Å²) >= 11 is 6.39. The van der Waals surface area contributed by atoms with Gasteiger partial charge in [-0.1, -0.05) is 11.6 Å². The maximum Gasteiger partial charge on any atom is 0.254 e. The van der Waals surface area contributed by atoms with Crippen molar-refractivity contribution < 1.29 is 13.6 Å². The molecule has 154 valence electrons. The van der Waals surface area contributed by atoms with Crippen LogP contribution < -0.4 is 16.0 Å². The van der Waals surface area contributed by atoms with Crippen molar-refractivity contribution in [1.82, 2.24) is 10.3 Å². The molecule has 2 aliphatic rings. The first-order valence-corrected chi connectivity index (χ1v) is 10.1. The van der Waals surface area contributed by atoms with Gasteiger partial charge in [-0.3, -0.25) is 4.79 Å². The van der Waals surface area contributed by atoms with Crippen molar-refractivity contribution in [2.24, 2.45) is 11.7 Å². The van der Waals surface area contributed by atoms with Gasteiger partial charge >= 0.3 is 0 Å². The first-order chi connectivity index (χ1) is 13.7. The van der Waals surface area contributed by atoms with Gasteiger partial charge in [0.15, 0.2) is 0 Å². The van der Waals surface area contributed by atoms with E-state index in [0.29, 0.717) is 48.8 Å². The zero-order valence-electron chi connectivity index (χ0n) is 16.1. The summed E-state index contributed by atoms with van der Waals surface area (Å²) in [5.41, 5.74) is 7.27. The zero-order valence-corrected chi connectivity index (χ0v) is 16.9.